The molecule has 0 fully saturated rings. The van der Waals surface area contributed by atoms with E-state index in [0.717, 1.165) is 13.0 Å². The third-order valence-electron chi connectivity index (χ3n) is 3.15. The average Bonchev–Trinajstić information content (AvgIpc) is 2.37. The van der Waals surface area contributed by atoms with Gasteiger partial charge in [-0.05, 0) is 35.7 Å². The van der Waals surface area contributed by atoms with Gasteiger partial charge in [-0.1, -0.05) is 43.3 Å². The molecule has 0 aromatic heterocycles. The van der Waals surface area contributed by atoms with Gasteiger partial charge in [0.2, 0.25) is 0 Å². The van der Waals surface area contributed by atoms with E-state index in [1.54, 1.807) is 0 Å². The third-order valence-corrected chi connectivity index (χ3v) is 3.40. The largest absolute Gasteiger partial charge is 0.374 e. The van der Waals surface area contributed by atoms with Crippen LogP contribution in [0.5, 0.6) is 0 Å². The van der Waals surface area contributed by atoms with Crippen molar-refractivity contribution in [2.75, 3.05) is 6.61 Å². The first-order valence-electron chi connectivity index (χ1n) is 6.45. The van der Waals surface area contributed by atoms with Gasteiger partial charge in [-0.25, -0.2) is 0 Å². The van der Waals surface area contributed by atoms with Gasteiger partial charge >= 0.3 is 0 Å². The summed E-state index contributed by atoms with van der Waals surface area (Å²) in [5, 5.41) is 2.94. The summed E-state index contributed by atoms with van der Waals surface area (Å²) in [5.74, 6) is 0. The lowest BCUT2D eigenvalue weighted by molar-refractivity contribution is 0.0645. The van der Waals surface area contributed by atoms with Gasteiger partial charge < -0.3 is 4.74 Å². The van der Waals surface area contributed by atoms with Gasteiger partial charge in [0.25, 0.3) is 0 Å². The van der Waals surface area contributed by atoms with Crippen LogP contribution in [0.25, 0.3) is 10.8 Å². The summed E-state index contributed by atoms with van der Waals surface area (Å²) >= 11 is 4.36. The van der Waals surface area contributed by atoms with E-state index in [0.29, 0.717) is 5.25 Å². The molecule has 0 amide bonds. The molecule has 0 spiro atoms. The van der Waals surface area contributed by atoms with E-state index in [1.807, 2.05) is 0 Å². The van der Waals surface area contributed by atoms with Gasteiger partial charge in [0, 0.05) is 11.9 Å². The van der Waals surface area contributed by atoms with Crippen molar-refractivity contribution in [3.05, 3.63) is 48.0 Å². The molecule has 2 rings (SSSR count). The summed E-state index contributed by atoms with van der Waals surface area (Å²) in [6.45, 7) is 4.96. The molecule has 1 nitrogen and oxygen atoms in total. The monoisotopic (exact) mass is 260 g/mol. The van der Waals surface area contributed by atoms with Crippen LogP contribution in [-0.4, -0.2) is 11.9 Å². The van der Waals surface area contributed by atoms with Crippen molar-refractivity contribution in [3.8, 4) is 0 Å². The predicted molar refractivity (Wildman–Crippen MR) is 81.4 cm³/mol. The van der Waals surface area contributed by atoms with Crippen molar-refractivity contribution in [2.45, 2.75) is 31.6 Å². The average molecular weight is 260 g/mol. The lowest BCUT2D eigenvalue weighted by atomic mass is 10.0. The number of thiol groups is 1. The molecule has 96 valence electrons. The zero-order valence-corrected chi connectivity index (χ0v) is 11.9. The van der Waals surface area contributed by atoms with Gasteiger partial charge in [0.15, 0.2) is 0 Å². The molecule has 0 bridgehead atoms. The van der Waals surface area contributed by atoms with Gasteiger partial charge in [-0.15, -0.1) is 0 Å². The normalized spacial score (nSPS) is 14.6. The summed E-state index contributed by atoms with van der Waals surface area (Å²) in [7, 11) is 0. The highest BCUT2D eigenvalue weighted by molar-refractivity contribution is 7.80. The summed E-state index contributed by atoms with van der Waals surface area (Å²) in [5.41, 5.74) is 1.24. The second-order valence-electron chi connectivity index (χ2n) is 4.76. The number of ether oxygens (including phenoxy) is 1. The lowest BCUT2D eigenvalue weighted by Gasteiger charge is -2.15. The molecular formula is C16H20OS. The van der Waals surface area contributed by atoms with Crippen molar-refractivity contribution in [2.24, 2.45) is 0 Å². The Labute approximate surface area is 115 Å². The Hall–Kier alpha value is -0.990. The number of rotatable bonds is 5. The number of fused-ring (bicyclic) bond motifs is 1. The fourth-order valence-corrected chi connectivity index (χ4v) is 2.08. The van der Waals surface area contributed by atoms with E-state index >= 15 is 0 Å². The maximum absolute atomic E-state index is 5.84. The SMILES string of the molecule is CC(S)CCOC(C)c1ccc2ccccc2c1. The van der Waals surface area contributed by atoms with E-state index in [1.165, 1.54) is 16.3 Å². The second kappa shape index (κ2) is 6.26. The van der Waals surface area contributed by atoms with Crippen LogP contribution in [0, 0.1) is 0 Å². The lowest BCUT2D eigenvalue weighted by Crippen LogP contribution is -2.05. The van der Waals surface area contributed by atoms with E-state index in [-0.39, 0.29) is 6.10 Å². The molecule has 2 unspecified atom stereocenters. The first-order valence-corrected chi connectivity index (χ1v) is 6.97. The van der Waals surface area contributed by atoms with Crippen molar-refractivity contribution in [1.29, 1.82) is 0 Å². The van der Waals surface area contributed by atoms with Crippen LogP contribution in [-0.2, 0) is 4.74 Å². The Morgan fingerprint density at radius 2 is 1.78 bits per heavy atom. The number of hydrogen-bond donors (Lipinski definition) is 1. The minimum atomic E-state index is 0.140. The Morgan fingerprint density at radius 1 is 1.06 bits per heavy atom. The van der Waals surface area contributed by atoms with Crippen LogP contribution in [0.3, 0.4) is 0 Å². The molecule has 0 N–H and O–H groups in total. The van der Waals surface area contributed by atoms with Crippen molar-refractivity contribution < 1.29 is 4.74 Å². The topological polar surface area (TPSA) is 9.23 Å². The number of benzene rings is 2. The first-order chi connectivity index (χ1) is 8.66. The van der Waals surface area contributed by atoms with Crippen molar-refractivity contribution in [3.63, 3.8) is 0 Å². The van der Waals surface area contributed by atoms with Gasteiger partial charge in [0.1, 0.15) is 0 Å². The molecule has 18 heavy (non-hydrogen) atoms. The Kier molecular flexibility index (Phi) is 4.67. The maximum atomic E-state index is 5.84. The smallest absolute Gasteiger partial charge is 0.0797 e. The fourth-order valence-electron chi connectivity index (χ4n) is 1.97. The Bertz CT molecular complexity index is 507. The molecule has 0 aliphatic heterocycles. The van der Waals surface area contributed by atoms with Crippen LogP contribution >= 0.6 is 12.6 Å². The molecule has 2 heteroatoms. The summed E-state index contributed by atoms with van der Waals surface area (Å²) in [6, 6.07) is 14.9. The highest BCUT2D eigenvalue weighted by Crippen LogP contribution is 2.22. The zero-order chi connectivity index (χ0) is 13.0. The highest BCUT2D eigenvalue weighted by Gasteiger charge is 2.06. The van der Waals surface area contributed by atoms with E-state index in [9.17, 15) is 0 Å². The maximum Gasteiger partial charge on any atom is 0.0797 e. The van der Waals surface area contributed by atoms with Crippen molar-refractivity contribution >= 4 is 23.4 Å². The summed E-state index contributed by atoms with van der Waals surface area (Å²) in [6.07, 6.45) is 1.13. The molecule has 0 heterocycles. The predicted octanol–water partition coefficient (Wildman–Crippen LogP) is 4.63. The Balaban J connectivity index is 2.06. The molecular weight excluding hydrogens is 240 g/mol. The number of hydrogen-bond acceptors (Lipinski definition) is 2. The third kappa shape index (κ3) is 3.50. The molecule has 0 saturated heterocycles. The van der Waals surface area contributed by atoms with Crippen LogP contribution in [0.1, 0.15) is 31.9 Å². The van der Waals surface area contributed by atoms with E-state index in [4.69, 9.17) is 4.74 Å². The van der Waals surface area contributed by atoms with Crippen LogP contribution < -0.4 is 0 Å². The molecule has 2 aromatic carbocycles. The van der Waals surface area contributed by atoms with Crippen LogP contribution in [0.2, 0.25) is 0 Å². The van der Waals surface area contributed by atoms with Gasteiger partial charge in [-0.3, -0.25) is 0 Å². The first kappa shape index (κ1) is 13.4. The standard InChI is InChI=1S/C16H20OS/c1-12(18)9-10-17-13(2)15-8-7-14-5-3-4-6-16(14)11-15/h3-8,11-13,18H,9-10H2,1-2H3. The summed E-state index contributed by atoms with van der Waals surface area (Å²) in [4.78, 5) is 0. The molecule has 0 radical (unpaired) electrons. The van der Waals surface area contributed by atoms with E-state index < -0.39 is 0 Å². The minimum absolute atomic E-state index is 0.140. The minimum Gasteiger partial charge on any atom is -0.374 e. The highest BCUT2D eigenvalue weighted by atomic mass is 32.1. The molecule has 0 aliphatic carbocycles. The molecule has 2 aromatic rings. The summed E-state index contributed by atoms with van der Waals surface area (Å²) < 4.78 is 5.84. The Morgan fingerprint density at radius 3 is 2.50 bits per heavy atom. The van der Waals surface area contributed by atoms with Crippen LogP contribution in [0.4, 0.5) is 0 Å². The van der Waals surface area contributed by atoms with Gasteiger partial charge in [-0.2, -0.15) is 12.6 Å². The quantitative estimate of drug-likeness (QED) is 0.771. The fraction of sp³-hybridized carbons (Fsp3) is 0.375. The van der Waals surface area contributed by atoms with Crippen molar-refractivity contribution in [1.82, 2.24) is 0 Å². The van der Waals surface area contributed by atoms with E-state index in [2.05, 4.69) is 68.9 Å². The van der Waals surface area contributed by atoms with Crippen LogP contribution in [0.15, 0.2) is 42.5 Å². The second-order valence-corrected chi connectivity index (χ2v) is 5.64. The van der Waals surface area contributed by atoms with Gasteiger partial charge in [0.05, 0.1) is 6.10 Å². The zero-order valence-electron chi connectivity index (χ0n) is 11.0. The molecule has 0 aliphatic rings. The molecule has 0 saturated carbocycles. The molecule has 2 atom stereocenters.